The number of hydrogen-bond acceptors (Lipinski definition) is 5. The molecule has 0 amide bonds. The summed E-state index contributed by atoms with van der Waals surface area (Å²) < 4.78 is 23.1. The number of anilines is 2. The van der Waals surface area contributed by atoms with E-state index < -0.39 is 9.84 Å². The Morgan fingerprint density at radius 1 is 1.56 bits per heavy atom. The molecule has 1 unspecified atom stereocenters. The molecule has 1 atom stereocenters. The molecular formula is C10H15N3O2S. The van der Waals surface area contributed by atoms with Crippen LogP contribution in [0.15, 0.2) is 18.5 Å². The lowest BCUT2D eigenvalue weighted by molar-refractivity contribution is 0.569. The molecule has 0 aromatic carbocycles. The van der Waals surface area contributed by atoms with E-state index in [1.807, 2.05) is 11.0 Å². The van der Waals surface area contributed by atoms with Crippen LogP contribution < -0.4 is 10.6 Å². The summed E-state index contributed by atoms with van der Waals surface area (Å²) in [5, 5.41) is -0.339. The Hall–Kier alpha value is -1.30. The summed E-state index contributed by atoms with van der Waals surface area (Å²) in [6.45, 7) is 2.73. The molecule has 0 aliphatic carbocycles. The topological polar surface area (TPSA) is 76.3 Å². The molecule has 5 nitrogen and oxygen atoms in total. The van der Waals surface area contributed by atoms with Crippen molar-refractivity contribution < 1.29 is 8.42 Å². The van der Waals surface area contributed by atoms with E-state index in [0.717, 1.165) is 5.69 Å². The average Bonchev–Trinajstić information content (AvgIpc) is 2.23. The van der Waals surface area contributed by atoms with Gasteiger partial charge in [0.25, 0.3) is 0 Å². The summed E-state index contributed by atoms with van der Waals surface area (Å²) in [6.07, 6.45) is 3.25. The Morgan fingerprint density at radius 2 is 2.31 bits per heavy atom. The summed E-state index contributed by atoms with van der Waals surface area (Å²) in [5.41, 5.74) is 7.27. The highest BCUT2D eigenvalue weighted by atomic mass is 32.2. The van der Waals surface area contributed by atoms with E-state index in [1.165, 1.54) is 0 Å². The first-order valence-corrected chi connectivity index (χ1v) is 6.88. The molecule has 0 spiro atoms. The van der Waals surface area contributed by atoms with Gasteiger partial charge < -0.3 is 10.6 Å². The Labute approximate surface area is 95.2 Å². The number of nitrogens with two attached hydrogens (primary N) is 1. The van der Waals surface area contributed by atoms with Gasteiger partial charge in [-0.1, -0.05) is 0 Å². The number of hydrogen-bond donors (Lipinski definition) is 1. The minimum absolute atomic E-state index is 0.190. The van der Waals surface area contributed by atoms with E-state index in [2.05, 4.69) is 4.98 Å². The van der Waals surface area contributed by atoms with E-state index >= 15 is 0 Å². The molecular weight excluding hydrogens is 226 g/mol. The summed E-state index contributed by atoms with van der Waals surface area (Å²) >= 11 is 0. The Kier molecular flexibility index (Phi) is 2.75. The van der Waals surface area contributed by atoms with Crippen LogP contribution in [0.25, 0.3) is 0 Å². The second-order valence-electron chi connectivity index (χ2n) is 4.06. The maximum Gasteiger partial charge on any atom is 0.156 e. The van der Waals surface area contributed by atoms with Crippen LogP contribution in [0.5, 0.6) is 0 Å². The third-order valence-corrected chi connectivity index (χ3v) is 5.03. The molecule has 6 heteroatoms. The first-order valence-electron chi connectivity index (χ1n) is 5.17. The fourth-order valence-electron chi connectivity index (χ4n) is 1.86. The standard InChI is InChI=1S/C10H15N3O2S/c1-8-7-13(4-5-16(8,14)15)10-2-3-12-6-9(10)11/h2-3,6,8H,4-5,7,11H2,1H3. The van der Waals surface area contributed by atoms with E-state index in [4.69, 9.17) is 5.73 Å². The quantitative estimate of drug-likeness (QED) is 0.764. The molecule has 1 aliphatic heterocycles. The molecule has 0 radical (unpaired) electrons. The largest absolute Gasteiger partial charge is 0.396 e. The highest BCUT2D eigenvalue weighted by Gasteiger charge is 2.29. The van der Waals surface area contributed by atoms with Crippen LogP contribution in [0.1, 0.15) is 6.92 Å². The van der Waals surface area contributed by atoms with Gasteiger partial charge in [-0.25, -0.2) is 8.42 Å². The van der Waals surface area contributed by atoms with Gasteiger partial charge in [-0.3, -0.25) is 4.98 Å². The van der Waals surface area contributed by atoms with Crippen LogP contribution in [-0.2, 0) is 9.84 Å². The van der Waals surface area contributed by atoms with Gasteiger partial charge in [-0.05, 0) is 13.0 Å². The van der Waals surface area contributed by atoms with Crippen LogP contribution in [0.2, 0.25) is 0 Å². The zero-order chi connectivity index (χ0) is 11.8. The third kappa shape index (κ3) is 1.97. The summed E-state index contributed by atoms with van der Waals surface area (Å²) in [6, 6.07) is 1.82. The van der Waals surface area contributed by atoms with E-state index in [9.17, 15) is 8.42 Å². The van der Waals surface area contributed by atoms with Crippen LogP contribution in [0.4, 0.5) is 11.4 Å². The van der Waals surface area contributed by atoms with Crippen molar-refractivity contribution in [3.8, 4) is 0 Å². The number of pyridine rings is 1. The van der Waals surface area contributed by atoms with Crippen molar-refractivity contribution in [2.75, 3.05) is 29.5 Å². The summed E-state index contributed by atoms with van der Waals surface area (Å²) in [5.74, 6) is 0.190. The van der Waals surface area contributed by atoms with Gasteiger partial charge >= 0.3 is 0 Å². The number of sulfone groups is 1. The van der Waals surface area contributed by atoms with Crippen LogP contribution in [0.3, 0.4) is 0 Å². The van der Waals surface area contributed by atoms with Crippen LogP contribution in [0, 0.1) is 0 Å². The van der Waals surface area contributed by atoms with Gasteiger partial charge in [0.05, 0.1) is 28.6 Å². The van der Waals surface area contributed by atoms with Crippen molar-refractivity contribution >= 4 is 21.2 Å². The number of rotatable bonds is 1. The maximum absolute atomic E-state index is 11.6. The third-order valence-electron chi connectivity index (χ3n) is 2.90. The first kappa shape index (κ1) is 11.2. The molecule has 0 bridgehead atoms. The van der Waals surface area contributed by atoms with Gasteiger partial charge in [0.1, 0.15) is 0 Å². The number of nitrogens with zero attached hydrogens (tertiary/aromatic N) is 2. The molecule has 0 saturated carbocycles. The predicted octanol–water partition coefficient (Wildman–Crippen LogP) is 0.287. The predicted molar refractivity (Wildman–Crippen MR) is 64.1 cm³/mol. The minimum Gasteiger partial charge on any atom is -0.396 e. The number of aromatic nitrogens is 1. The van der Waals surface area contributed by atoms with Crippen molar-refractivity contribution in [2.24, 2.45) is 0 Å². The van der Waals surface area contributed by atoms with E-state index in [0.29, 0.717) is 18.8 Å². The van der Waals surface area contributed by atoms with Gasteiger partial charge in [0.2, 0.25) is 0 Å². The van der Waals surface area contributed by atoms with Crippen molar-refractivity contribution in [3.05, 3.63) is 18.5 Å². The summed E-state index contributed by atoms with van der Waals surface area (Å²) in [4.78, 5) is 5.92. The van der Waals surface area contributed by atoms with Crippen molar-refractivity contribution in [2.45, 2.75) is 12.2 Å². The summed E-state index contributed by atoms with van der Waals surface area (Å²) in [7, 11) is -2.91. The van der Waals surface area contributed by atoms with Crippen molar-refractivity contribution in [3.63, 3.8) is 0 Å². The lowest BCUT2D eigenvalue weighted by Gasteiger charge is -2.33. The Bertz CT molecular complexity index is 487. The zero-order valence-corrected chi connectivity index (χ0v) is 9.94. The highest BCUT2D eigenvalue weighted by molar-refractivity contribution is 7.92. The molecule has 1 aromatic heterocycles. The molecule has 2 N–H and O–H groups in total. The van der Waals surface area contributed by atoms with Gasteiger partial charge in [-0.2, -0.15) is 0 Å². The molecule has 1 aliphatic rings. The lowest BCUT2D eigenvalue weighted by atomic mass is 10.3. The fraction of sp³-hybridized carbons (Fsp3) is 0.500. The molecule has 1 aromatic rings. The normalized spacial score (nSPS) is 24.3. The molecule has 2 rings (SSSR count). The highest BCUT2D eigenvalue weighted by Crippen LogP contribution is 2.24. The Balaban J connectivity index is 2.24. The van der Waals surface area contributed by atoms with Gasteiger partial charge in [-0.15, -0.1) is 0 Å². The fourth-order valence-corrected chi connectivity index (χ4v) is 3.14. The lowest BCUT2D eigenvalue weighted by Crippen LogP contribution is -2.45. The zero-order valence-electron chi connectivity index (χ0n) is 9.13. The Morgan fingerprint density at radius 3 is 2.94 bits per heavy atom. The molecule has 1 fully saturated rings. The monoisotopic (exact) mass is 241 g/mol. The number of nitrogen functional groups attached to an aromatic ring is 1. The SMILES string of the molecule is CC1CN(c2ccncc2N)CCS1(=O)=O. The minimum atomic E-state index is -2.91. The molecule has 1 saturated heterocycles. The molecule has 2 heterocycles. The van der Waals surface area contributed by atoms with Gasteiger partial charge in [0, 0.05) is 19.3 Å². The van der Waals surface area contributed by atoms with Crippen LogP contribution in [-0.4, -0.2) is 37.5 Å². The smallest absolute Gasteiger partial charge is 0.156 e. The van der Waals surface area contributed by atoms with Crippen molar-refractivity contribution in [1.82, 2.24) is 4.98 Å². The van der Waals surface area contributed by atoms with Gasteiger partial charge in [0.15, 0.2) is 9.84 Å². The van der Waals surface area contributed by atoms with E-state index in [-0.39, 0.29) is 11.0 Å². The average molecular weight is 241 g/mol. The van der Waals surface area contributed by atoms with Crippen molar-refractivity contribution in [1.29, 1.82) is 0 Å². The molecule has 16 heavy (non-hydrogen) atoms. The first-order chi connectivity index (χ1) is 7.50. The van der Waals surface area contributed by atoms with E-state index in [1.54, 1.807) is 19.3 Å². The second-order valence-corrected chi connectivity index (χ2v) is 6.60. The maximum atomic E-state index is 11.6. The molecule has 88 valence electrons. The van der Waals surface area contributed by atoms with Crippen LogP contribution >= 0.6 is 0 Å². The second kappa shape index (κ2) is 3.93.